The van der Waals surface area contributed by atoms with Crippen molar-refractivity contribution in [1.29, 1.82) is 0 Å². The van der Waals surface area contributed by atoms with E-state index in [1.54, 1.807) is 29.3 Å². The van der Waals surface area contributed by atoms with Gasteiger partial charge in [0.2, 0.25) is 5.91 Å². The van der Waals surface area contributed by atoms with Crippen LogP contribution in [0.2, 0.25) is 0 Å². The number of nitrogens with one attached hydrogen (secondary N) is 2. The van der Waals surface area contributed by atoms with E-state index in [0.29, 0.717) is 25.5 Å². The molecule has 2 amide bonds. The van der Waals surface area contributed by atoms with E-state index < -0.39 is 0 Å². The highest BCUT2D eigenvalue weighted by Gasteiger charge is 2.20. The van der Waals surface area contributed by atoms with E-state index in [1.165, 1.54) is 0 Å². The quantitative estimate of drug-likeness (QED) is 0.638. The first-order valence-corrected chi connectivity index (χ1v) is 11.1. The van der Waals surface area contributed by atoms with Crippen molar-refractivity contribution in [2.24, 2.45) is 0 Å². The Hall–Kier alpha value is -3.94. The van der Waals surface area contributed by atoms with Crippen molar-refractivity contribution in [2.75, 3.05) is 25.0 Å². The molecule has 0 saturated heterocycles. The number of carbonyl (C=O) groups is 2. The standard InChI is InChI=1S/C25H27N5O3/c31-24(27-17-19-9-4-5-14-26-19)18-30-15-6-1-7-16-33-22-12-3-2-10-20(22)28-23-13-8-11-21(29-23)25(30)32/h2-5,8-14H,1,6-7,15-18H2,(H,27,31)(H,28,29). The summed E-state index contributed by atoms with van der Waals surface area (Å²) in [6.45, 7) is 1.32. The summed E-state index contributed by atoms with van der Waals surface area (Å²) in [5.41, 5.74) is 1.84. The Morgan fingerprint density at radius 2 is 1.91 bits per heavy atom. The maximum atomic E-state index is 13.3. The van der Waals surface area contributed by atoms with Gasteiger partial charge < -0.3 is 20.3 Å². The molecule has 3 heterocycles. The lowest BCUT2D eigenvalue weighted by Crippen LogP contribution is -2.41. The number of benzene rings is 1. The van der Waals surface area contributed by atoms with Crippen LogP contribution in [-0.4, -0.2) is 46.4 Å². The lowest BCUT2D eigenvalue weighted by Gasteiger charge is -2.23. The second kappa shape index (κ2) is 11.1. The minimum Gasteiger partial charge on any atom is -0.491 e. The smallest absolute Gasteiger partial charge is 0.273 e. The first kappa shape index (κ1) is 22.3. The predicted molar refractivity (Wildman–Crippen MR) is 125 cm³/mol. The van der Waals surface area contributed by atoms with E-state index >= 15 is 0 Å². The Labute approximate surface area is 193 Å². The largest absolute Gasteiger partial charge is 0.491 e. The van der Waals surface area contributed by atoms with E-state index in [9.17, 15) is 9.59 Å². The van der Waals surface area contributed by atoms with Crippen LogP contribution in [0, 0.1) is 0 Å². The van der Waals surface area contributed by atoms with Gasteiger partial charge in [0.05, 0.1) is 31.1 Å². The zero-order chi connectivity index (χ0) is 22.9. The molecule has 3 aromatic rings. The highest BCUT2D eigenvalue weighted by molar-refractivity contribution is 5.95. The molecule has 0 spiro atoms. The molecule has 33 heavy (non-hydrogen) atoms. The van der Waals surface area contributed by atoms with Gasteiger partial charge in [0.25, 0.3) is 5.91 Å². The molecule has 8 nitrogen and oxygen atoms in total. The number of hydrogen-bond donors (Lipinski definition) is 2. The lowest BCUT2D eigenvalue weighted by atomic mass is 10.2. The summed E-state index contributed by atoms with van der Waals surface area (Å²) in [5, 5.41) is 6.08. The van der Waals surface area contributed by atoms with Crippen molar-refractivity contribution in [3.63, 3.8) is 0 Å². The highest BCUT2D eigenvalue weighted by Crippen LogP contribution is 2.27. The molecule has 2 N–H and O–H groups in total. The molecule has 0 saturated carbocycles. The van der Waals surface area contributed by atoms with Crippen molar-refractivity contribution in [1.82, 2.24) is 20.2 Å². The number of anilines is 2. The monoisotopic (exact) mass is 445 g/mol. The van der Waals surface area contributed by atoms with Gasteiger partial charge in [0.1, 0.15) is 17.3 Å². The van der Waals surface area contributed by atoms with Crippen LogP contribution in [0.4, 0.5) is 11.5 Å². The number of pyridine rings is 2. The van der Waals surface area contributed by atoms with Gasteiger partial charge in [-0.2, -0.15) is 0 Å². The van der Waals surface area contributed by atoms with Gasteiger partial charge in [-0.3, -0.25) is 14.6 Å². The molecule has 2 aromatic heterocycles. The van der Waals surface area contributed by atoms with Crippen LogP contribution in [0.25, 0.3) is 0 Å². The number of carbonyl (C=O) groups excluding carboxylic acids is 2. The number of ether oxygens (including phenoxy) is 1. The van der Waals surface area contributed by atoms with Gasteiger partial charge in [0.15, 0.2) is 0 Å². The number of para-hydroxylation sites is 2. The maximum Gasteiger partial charge on any atom is 0.273 e. The number of fused-ring (bicyclic) bond motifs is 3. The van der Waals surface area contributed by atoms with Crippen LogP contribution in [0.5, 0.6) is 5.75 Å². The Morgan fingerprint density at radius 3 is 2.79 bits per heavy atom. The summed E-state index contributed by atoms with van der Waals surface area (Å²) in [7, 11) is 0. The zero-order valence-corrected chi connectivity index (χ0v) is 18.4. The normalized spacial score (nSPS) is 14.3. The Morgan fingerprint density at radius 1 is 1.03 bits per heavy atom. The van der Waals surface area contributed by atoms with E-state index in [1.807, 2.05) is 42.5 Å². The fourth-order valence-electron chi connectivity index (χ4n) is 3.56. The Kier molecular flexibility index (Phi) is 7.48. The third-order valence-corrected chi connectivity index (χ3v) is 5.26. The third kappa shape index (κ3) is 6.29. The topological polar surface area (TPSA) is 96.5 Å². The van der Waals surface area contributed by atoms with E-state index in [-0.39, 0.29) is 24.1 Å². The molecule has 4 rings (SSSR count). The summed E-state index contributed by atoms with van der Waals surface area (Å²) in [4.78, 5) is 36.1. The zero-order valence-electron chi connectivity index (χ0n) is 18.4. The molecule has 0 fully saturated rings. The van der Waals surface area contributed by atoms with Crippen molar-refractivity contribution >= 4 is 23.3 Å². The molecule has 8 heteroatoms. The van der Waals surface area contributed by atoms with E-state index in [4.69, 9.17) is 4.74 Å². The average Bonchev–Trinajstić information content (AvgIpc) is 2.85. The molecule has 0 atom stereocenters. The molecular formula is C25H27N5O3. The summed E-state index contributed by atoms with van der Waals surface area (Å²) in [5.74, 6) is 0.780. The van der Waals surface area contributed by atoms with Gasteiger partial charge in [-0.1, -0.05) is 24.3 Å². The second-order valence-corrected chi connectivity index (χ2v) is 7.76. The molecular weight excluding hydrogens is 418 g/mol. The fourth-order valence-corrected chi connectivity index (χ4v) is 3.56. The van der Waals surface area contributed by atoms with Crippen LogP contribution in [0.15, 0.2) is 66.9 Å². The molecule has 0 aliphatic carbocycles. The molecule has 0 radical (unpaired) electrons. The summed E-state index contributed by atoms with van der Waals surface area (Å²) in [6.07, 6.45) is 4.18. The van der Waals surface area contributed by atoms with Crippen molar-refractivity contribution in [3.05, 3.63) is 78.2 Å². The molecule has 1 aromatic carbocycles. The minimum absolute atomic E-state index is 0.0374. The number of rotatable bonds is 4. The summed E-state index contributed by atoms with van der Waals surface area (Å²) < 4.78 is 5.95. The van der Waals surface area contributed by atoms with Crippen LogP contribution in [0.1, 0.15) is 35.4 Å². The van der Waals surface area contributed by atoms with Gasteiger partial charge in [-0.05, 0) is 55.7 Å². The Balaban J connectivity index is 1.49. The molecule has 1 aliphatic heterocycles. The molecule has 0 unspecified atom stereocenters. The van der Waals surface area contributed by atoms with Crippen LogP contribution in [-0.2, 0) is 11.3 Å². The highest BCUT2D eigenvalue weighted by atomic mass is 16.5. The first-order chi connectivity index (χ1) is 16.2. The number of amides is 2. The number of hydrogen-bond acceptors (Lipinski definition) is 6. The van der Waals surface area contributed by atoms with E-state index in [2.05, 4.69) is 20.6 Å². The van der Waals surface area contributed by atoms with Crippen molar-refractivity contribution < 1.29 is 14.3 Å². The van der Waals surface area contributed by atoms with Crippen LogP contribution in [0.3, 0.4) is 0 Å². The van der Waals surface area contributed by atoms with Crippen LogP contribution >= 0.6 is 0 Å². The van der Waals surface area contributed by atoms with Crippen LogP contribution < -0.4 is 15.4 Å². The maximum absolute atomic E-state index is 13.3. The van der Waals surface area contributed by atoms with Gasteiger partial charge in [0, 0.05) is 12.7 Å². The predicted octanol–water partition coefficient (Wildman–Crippen LogP) is 3.54. The van der Waals surface area contributed by atoms with Gasteiger partial charge in [-0.15, -0.1) is 0 Å². The third-order valence-electron chi connectivity index (χ3n) is 5.26. The SMILES string of the molecule is O=C(CN1CCCCCOc2ccccc2Nc2cccc(n2)C1=O)NCc1ccccn1. The number of nitrogens with zero attached hydrogens (tertiary/aromatic N) is 3. The van der Waals surface area contributed by atoms with E-state index in [0.717, 1.165) is 36.4 Å². The number of aromatic nitrogens is 2. The average molecular weight is 446 g/mol. The molecule has 170 valence electrons. The minimum atomic E-state index is -0.270. The lowest BCUT2D eigenvalue weighted by molar-refractivity contribution is -0.122. The fraction of sp³-hybridized carbons (Fsp3) is 0.280. The first-order valence-electron chi connectivity index (χ1n) is 11.1. The Bertz CT molecular complexity index is 1090. The summed E-state index contributed by atoms with van der Waals surface area (Å²) in [6, 6.07) is 18.4. The van der Waals surface area contributed by atoms with Crippen molar-refractivity contribution in [2.45, 2.75) is 25.8 Å². The van der Waals surface area contributed by atoms with Crippen molar-refractivity contribution in [3.8, 4) is 5.75 Å². The molecule has 1 aliphatic rings. The summed E-state index contributed by atoms with van der Waals surface area (Å²) >= 11 is 0. The molecule has 2 bridgehead atoms. The van der Waals surface area contributed by atoms with Gasteiger partial charge in [-0.25, -0.2) is 4.98 Å². The van der Waals surface area contributed by atoms with Gasteiger partial charge >= 0.3 is 0 Å². The second-order valence-electron chi connectivity index (χ2n) is 7.76.